The molecule has 0 saturated heterocycles. The zero-order valence-corrected chi connectivity index (χ0v) is 21.1. The van der Waals surface area contributed by atoms with Gasteiger partial charge in [0.25, 0.3) is 0 Å². The second-order valence-electron chi connectivity index (χ2n) is 9.36. The number of pyridine rings is 4. The van der Waals surface area contributed by atoms with Crippen molar-refractivity contribution in [2.75, 3.05) is 0 Å². The number of nitrogens with one attached hydrogen (secondary N) is 3. The first-order valence-electron chi connectivity index (χ1n) is 12.7. The third kappa shape index (κ3) is 4.36. The summed E-state index contributed by atoms with van der Waals surface area (Å²) in [6, 6.07) is 15.8. The average molecular weight is 528 g/mol. The maximum absolute atomic E-state index is 16.1. The second-order valence-corrected chi connectivity index (χ2v) is 9.36. The van der Waals surface area contributed by atoms with E-state index < -0.39 is 5.82 Å². The summed E-state index contributed by atoms with van der Waals surface area (Å²) in [5.74, 6) is -0.0732. The van der Waals surface area contributed by atoms with E-state index in [1.807, 2.05) is 36.4 Å². The third-order valence-electron chi connectivity index (χ3n) is 6.70. The minimum atomic E-state index is -0.497. The maximum atomic E-state index is 16.1. The fraction of sp³-hybridized carbons (Fsp3) is 0.0667. The van der Waals surface area contributed by atoms with Gasteiger partial charge in [-0.2, -0.15) is 5.10 Å². The summed E-state index contributed by atoms with van der Waals surface area (Å²) >= 11 is 0. The molecule has 7 rings (SSSR count). The van der Waals surface area contributed by atoms with Crippen molar-refractivity contribution in [3.8, 4) is 33.9 Å². The Bertz CT molecular complexity index is 1950. The van der Waals surface area contributed by atoms with Crippen LogP contribution in [0.3, 0.4) is 0 Å². The predicted molar refractivity (Wildman–Crippen MR) is 150 cm³/mol. The van der Waals surface area contributed by atoms with Crippen molar-refractivity contribution in [1.29, 1.82) is 0 Å². The first-order valence-corrected chi connectivity index (χ1v) is 12.7. The van der Waals surface area contributed by atoms with Crippen LogP contribution in [0.15, 0.2) is 91.9 Å². The van der Waals surface area contributed by atoms with E-state index in [0.717, 1.165) is 23.2 Å². The number of hydrogen-bond donors (Lipinski definition) is 3. The highest BCUT2D eigenvalue weighted by Gasteiger charge is 2.21. The van der Waals surface area contributed by atoms with Gasteiger partial charge in [-0.3, -0.25) is 25.0 Å². The van der Waals surface area contributed by atoms with E-state index in [4.69, 9.17) is 4.98 Å². The van der Waals surface area contributed by atoms with Crippen LogP contribution in [0.4, 0.5) is 4.39 Å². The molecule has 40 heavy (non-hydrogen) atoms. The molecule has 6 aromatic heterocycles. The van der Waals surface area contributed by atoms with Crippen LogP contribution in [-0.2, 0) is 13.1 Å². The quantitative estimate of drug-likeness (QED) is 0.252. The molecule has 0 spiro atoms. The molecule has 7 aromatic rings. The van der Waals surface area contributed by atoms with Crippen molar-refractivity contribution in [2.24, 2.45) is 0 Å². The number of nitrogens with zero attached hydrogens (tertiary/aromatic N) is 6. The minimum Gasteiger partial charge on any atom is -0.335 e. The molecule has 0 aliphatic heterocycles. The largest absolute Gasteiger partial charge is 0.335 e. The molecule has 9 nitrogen and oxygen atoms in total. The number of imidazole rings is 1. The van der Waals surface area contributed by atoms with E-state index in [9.17, 15) is 0 Å². The van der Waals surface area contributed by atoms with Crippen LogP contribution in [0.2, 0.25) is 0 Å². The van der Waals surface area contributed by atoms with Crippen molar-refractivity contribution < 1.29 is 4.39 Å². The Morgan fingerprint density at radius 3 is 2.48 bits per heavy atom. The number of aromatic amines is 2. The molecule has 0 radical (unpaired) electrons. The summed E-state index contributed by atoms with van der Waals surface area (Å²) in [4.78, 5) is 25.3. The molecule has 0 aliphatic carbocycles. The summed E-state index contributed by atoms with van der Waals surface area (Å²) in [6.07, 6.45) is 11.9. The molecule has 0 bridgehead atoms. The van der Waals surface area contributed by atoms with Gasteiger partial charge in [0.1, 0.15) is 16.9 Å². The lowest BCUT2D eigenvalue weighted by Gasteiger charge is -2.08. The lowest BCUT2D eigenvalue weighted by atomic mass is 10.1. The number of benzene rings is 1. The Kier molecular flexibility index (Phi) is 5.98. The molecular formula is C30H22FN9. The van der Waals surface area contributed by atoms with Gasteiger partial charge < -0.3 is 10.3 Å². The zero-order chi connectivity index (χ0) is 26.9. The van der Waals surface area contributed by atoms with Crippen LogP contribution < -0.4 is 5.32 Å². The van der Waals surface area contributed by atoms with E-state index in [2.05, 4.69) is 52.6 Å². The van der Waals surface area contributed by atoms with Crippen LogP contribution in [-0.4, -0.2) is 40.1 Å². The molecule has 194 valence electrons. The first-order chi connectivity index (χ1) is 19.7. The van der Waals surface area contributed by atoms with E-state index in [0.29, 0.717) is 45.6 Å². The third-order valence-corrected chi connectivity index (χ3v) is 6.70. The molecule has 0 atom stereocenters. The topological polar surface area (TPSA) is 121 Å². The molecule has 0 amide bonds. The SMILES string of the molecule is Fc1c(-c2cncc(CNCc3ccccc3)c2)ncc2[nH]nc(-c3nc4c(-c5cccnc5)cncc4[nH]3)c12. The predicted octanol–water partition coefficient (Wildman–Crippen LogP) is 5.45. The van der Waals surface area contributed by atoms with Crippen molar-refractivity contribution in [2.45, 2.75) is 13.1 Å². The lowest BCUT2D eigenvalue weighted by Crippen LogP contribution is -2.12. The minimum absolute atomic E-state index is 0.196. The molecular weight excluding hydrogens is 505 g/mol. The highest BCUT2D eigenvalue weighted by atomic mass is 19.1. The molecule has 0 unspecified atom stereocenters. The molecule has 6 heterocycles. The van der Waals surface area contributed by atoms with Gasteiger partial charge in [-0.05, 0) is 23.3 Å². The summed E-state index contributed by atoms with van der Waals surface area (Å²) < 4.78 is 16.1. The molecule has 0 aliphatic rings. The Morgan fingerprint density at radius 2 is 1.60 bits per heavy atom. The molecule has 1 aromatic carbocycles. The smallest absolute Gasteiger partial charge is 0.161 e. The van der Waals surface area contributed by atoms with Gasteiger partial charge in [0.15, 0.2) is 11.6 Å². The van der Waals surface area contributed by atoms with Gasteiger partial charge in [0.2, 0.25) is 0 Å². The van der Waals surface area contributed by atoms with E-state index in [1.54, 1.807) is 43.4 Å². The van der Waals surface area contributed by atoms with Crippen molar-refractivity contribution in [1.82, 2.24) is 45.4 Å². The fourth-order valence-corrected chi connectivity index (χ4v) is 4.79. The number of fused-ring (bicyclic) bond motifs is 2. The molecule has 0 fully saturated rings. The van der Waals surface area contributed by atoms with Crippen LogP contribution >= 0.6 is 0 Å². The van der Waals surface area contributed by atoms with Crippen molar-refractivity contribution >= 4 is 21.9 Å². The molecule has 3 N–H and O–H groups in total. The molecule has 0 saturated carbocycles. The summed E-state index contributed by atoms with van der Waals surface area (Å²) in [5, 5.41) is 11.0. The number of rotatable bonds is 7. The van der Waals surface area contributed by atoms with Crippen molar-refractivity contribution in [3.63, 3.8) is 0 Å². The van der Waals surface area contributed by atoms with Gasteiger partial charge >= 0.3 is 0 Å². The van der Waals surface area contributed by atoms with E-state index in [1.165, 1.54) is 5.56 Å². The number of halogens is 1. The van der Waals surface area contributed by atoms with Gasteiger partial charge in [-0.1, -0.05) is 36.4 Å². The Labute approximate surface area is 227 Å². The summed E-state index contributed by atoms with van der Waals surface area (Å²) in [5.41, 5.74) is 6.83. The zero-order valence-electron chi connectivity index (χ0n) is 21.1. The highest BCUT2D eigenvalue weighted by molar-refractivity contribution is 5.97. The number of aromatic nitrogens is 8. The van der Waals surface area contributed by atoms with Crippen LogP contribution in [0.1, 0.15) is 11.1 Å². The van der Waals surface area contributed by atoms with Crippen molar-refractivity contribution in [3.05, 3.63) is 109 Å². The molecule has 10 heteroatoms. The van der Waals surface area contributed by atoms with Gasteiger partial charge in [0, 0.05) is 60.8 Å². The van der Waals surface area contributed by atoms with Crippen LogP contribution in [0.25, 0.3) is 55.8 Å². The number of H-pyrrole nitrogens is 2. The Balaban J connectivity index is 1.23. The Hall–Kier alpha value is -5.35. The highest BCUT2D eigenvalue weighted by Crippen LogP contribution is 2.34. The van der Waals surface area contributed by atoms with Gasteiger partial charge in [-0.25, -0.2) is 9.37 Å². The average Bonchev–Trinajstić information content (AvgIpc) is 3.63. The fourth-order valence-electron chi connectivity index (χ4n) is 4.79. The second kappa shape index (κ2) is 10.1. The summed E-state index contributed by atoms with van der Waals surface area (Å²) in [6.45, 7) is 1.31. The van der Waals surface area contributed by atoms with Gasteiger partial charge in [0.05, 0.1) is 28.8 Å². The lowest BCUT2D eigenvalue weighted by molar-refractivity contribution is 0.638. The van der Waals surface area contributed by atoms with Crippen LogP contribution in [0, 0.1) is 5.82 Å². The van der Waals surface area contributed by atoms with E-state index >= 15 is 4.39 Å². The Morgan fingerprint density at radius 1 is 0.750 bits per heavy atom. The maximum Gasteiger partial charge on any atom is 0.161 e. The normalized spacial score (nSPS) is 11.4. The van der Waals surface area contributed by atoms with E-state index in [-0.39, 0.29) is 5.69 Å². The standard InChI is InChI=1S/C30H22FN9/c31-26-25-23(17-36-27(26)21-9-19(12-34-14-21)11-33-10-18-5-2-1-3-6-18)39-40-29(25)30-37-24-16-35-15-22(28(24)38-30)20-7-4-8-32-13-20/h1-9,12-17,33H,10-11H2,(H,37,38)(H,39,40). The number of hydrogen-bond acceptors (Lipinski definition) is 7. The summed E-state index contributed by atoms with van der Waals surface area (Å²) in [7, 11) is 0. The first kappa shape index (κ1) is 23.7. The van der Waals surface area contributed by atoms with Crippen LogP contribution in [0.5, 0.6) is 0 Å². The monoisotopic (exact) mass is 527 g/mol. The van der Waals surface area contributed by atoms with Gasteiger partial charge in [-0.15, -0.1) is 0 Å².